The molecule has 2 aromatic carbocycles. The van der Waals surface area contributed by atoms with Gasteiger partial charge in [-0.15, -0.1) is 0 Å². The van der Waals surface area contributed by atoms with Gasteiger partial charge in [-0.25, -0.2) is 0 Å². The van der Waals surface area contributed by atoms with E-state index in [0.29, 0.717) is 0 Å². The zero-order valence-electron chi connectivity index (χ0n) is 11.5. The second-order valence-corrected chi connectivity index (χ2v) is 5.73. The number of benzene rings is 2. The maximum Gasteiger partial charge on any atom is -0.00464 e. The molecule has 0 unspecified atom stereocenters. The molecular formula is C18H21. The molecule has 0 saturated heterocycles. The second kappa shape index (κ2) is 5.39. The Bertz CT molecular complexity index is 489. The fourth-order valence-corrected chi connectivity index (χ4v) is 2.20. The van der Waals surface area contributed by atoms with Crippen molar-refractivity contribution in [2.45, 2.75) is 32.6 Å². The summed E-state index contributed by atoms with van der Waals surface area (Å²) in [5, 5.41) is 0. The van der Waals surface area contributed by atoms with Crippen molar-refractivity contribution in [1.82, 2.24) is 0 Å². The predicted octanol–water partition coefficient (Wildman–Crippen LogP) is 4.78. The first kappa shape index (κ1) is 12.9. The van der Waals surface area contributed by atoms with Crippen LogP contribution in [0.25, 0.3) is 0 Å². The van der Waals surface area contributed by atoms with Gasteiger partial charge in [-0.2, -0.15) is 0 Å². The number of hydrogen-bond acceptors (Lipinski definition) is 0. The van der Waals surface area contributed by atoms with E-state index in [-0.39, 0.29) is 5.41 Å². The predicted molar refractivity (Wildman–Crippen MR) is 78.7 cm³/mol. The first-order chi connectivity index (χ1) is 8.57. The summed E-state index contributed by atoms with van der Waals surface area (Å²) < 4.78 is 0. The first-order valence-electron chi connectivity index (χ1n) is 6.54. The third kappa shape index (κ3) is 3.22. The molecule has 0 heterocycles. The molecule has 93 valence electrons. The molecule has 0 fully saturated rings. The SMILES string of the molecule is CC(C)(C)c1ccccc1[CH]Cc1ccccc1. The van der Waals surface area contributed by atoms with Crippen molar-refractivity contribution in [3.63, 3.8) is 0 Å². The van der Waals surface area contributed by atoms with Crippen LogP contribution in [0.1, 0.15) is 37.5 Å². The van der Waals surface area contributed by atoms with Crippen LogP contribution in [0.2, 0.25) is 0 Å². The van der Waals surface area contributed by atoms with Gasteiger partial charge in [0.1, 0.15) is 0 Å². The van der Waals surface area contributed by atoms with Gasteiger partial charge in [0.15, 0.2) is 0 Å². The highest BCUT2D eigenvalue weighted by molar-refractivity contribution is 5.38. The Morgan fingerprint density at radius 1 is 0.833 bits per heavy atom. The van der Waals surface area contributed by atoms with Gasteiger partial charge in [0, 0.05) is 0 Å². The largest absolute Gasteiger partial charge is 0.0622 e. The highest BCUT2D eigenvalue weighted by Gasteiger charge is 2.16. The lowest BCUT2D eigenvalue weighted by Crippen LogP contribution is -2.13. The molecule has 0 nitrogen and oxygen atoms in total. The summed E-state index contributed by atoms with van der Waals surface area (Å²) in [4.78, 5) is 0. The smallest absolute Gasteiger partial charge is 0.00464 e. The van der Waals surface area contributed by atoms with Gasteiger partial charge in [-0.05, 0) is 34.9 Å². The zero-order chi connectivity index (χ0) is 13.0. The minimum absolute atomic E-state index is 0.198. The molecule has 1 radical (unpaired) electrons. The average molecular weight is 237 g/mol. The van der Waals surface area contributed by atoms with Gasteiger partial charge < -0.3 is 0 Å². The summed E-state index contributed by atoms with van der Waals surface area (Å²) in [6.45, 7) is 6.80. The maximum atomic E-state index is 2.33. The molecule has 0 amide bonds. The summed E-state index contributed by atoms with van der Waals surface area (Å²) in [6, 6.07) is 19.3. The Kier molecular flexibility index (Phi) is 3.86. The molecular weight excluding hydrogens is 216 g/mol. The van der Waals surface area contributed by atoms with Crippen molar-refractivity contribution in [3.8, 4) is 0 Å². The van der Waals surface area contributed by atoms with Crippen molar-refractivity contribution >= 4 is 0 Å². The van der Waals surface area contributed by atoms with Gasteiger partial charge in [-0.1, -0.05) is 75.4 Å². The van der Waals surface area contributed by atoms with E-state index >= 15 is 0 Å². The van der Waals surface area contributed by atoms with E-state index in [0.717, 1.165) is 6.42 Å². The maximum absolute atomic E-state index is 2.33. The molecule has 2 rings (SSSR count). The van der Waals surface area contributed by atoms with E-state index in [2.05, 4.69) is 81.8 Å². The fraction of sp³-hybridized carbons (Fsp3) is 0.278. The highest BCUT2D eigenvalue weighted by atomic mass is 14.2. The lowest BCUT2D eigenvalue weighted by Gasteiger charge is -2.22. The molecule has 0 saturated carbocycles. The number of hydrogen-bond donors (Lipinski definition) is 0. The lowest BCUT2D eigenvalue weighted by atomic mass is 9.82. The van der Waals surface area contributed by atoms with E-state index in [9.17, 15) is 0 Å². The molecule has 0 spiro atoms. The van der Waals surface area contributed by atoms with Gasteiger partial charge in [-0.3, -0.25) is 0 Å². The van der Waals surface area contributed by atoms with E-state index in [1.165, 1.54) is 16.7 Å². The topological polar surface area (TPSA) is 0 Å². The minimum Gasteiger partial charge on any atom is -0.0622 e. The monoisotopic (exact) mass is 237 g/mol. The highest BCUT2D eigenvalue weighted by Crippen LogP contribution is 2.27. The van der Waals surface area contributed by atoms with E-state index in [4.69, 9.17) is 0 Å². The minimum atomic E-state index is 0.198. The molecule has 0 atom stereocenters. The van der Waals surface area contributed by atoms with Crippen LogP contribution < -0.4 is 0 Å². The quantitative estimate of drug-likeness (QED) is 0.720. The van der Waals surface area contributed by atoms with Gasteiger partial charge >= 0.3 is 0 Å². The van der Waals surface area contributed by atoms with Crippen LogP contribution in [-0.4, -0.2) is 0 Å². The van der Waals surface area contributed by atoms with E-state index < -0.39 is 0 Å². The average Bonchev–Trinajstić information content (AvgIpc) is 2.37. The van der Waals surface area contributed by atoms with Crippen molar-refractivity contribution in [1.29, 1.82) is 0 Å². The van der Waals surface area contributed by atoms with Crippen LogP contribution in [0.5, 0.6) is 0 Å². The molecule has 0 aromatic heterocycles. The summed E-state index contributed by atoms with van der Waals surface area (Å²) in [5.74, 6) is 0. The summed E-state index contributed by atoms with van der Waals surface area (Å²) in [5.41, 5.74) is 4.33. The second-order valence-electron chi connectivity index (χ2n) is 5.73. The van der Waals surface area contributed by atoms with E-state index in [1.54, 1.807) is 0 Å². The summed E-state index contributed by atoms with van der Waals surface area (Å²) >= 11 is 0. The van der Waals surface area contributed by atoms with Crippen molar-refractivity contribution in [2.75, 3.05) is 0 Å². The van der Waals surface area contributed by atoms with Gasteiger partial charge in [0.05, 0.1) is 0 Å². The van der Waals surface area contributed by atoms with Crippen LogP contribution in [-0.2, 0) is 11.8 Å². The molecule has 0 bridgehead atoms. The summed E-state index contributed by atoms with van der Waals surface area (Å²) in [7, 11) is 0. The Morgan fingerprint density at radius 2 is 1.44 bits per heavy atom. The molecule has 0 N–H and O–H groups in total. The van der Waals surface area contributed by atoms with Gasteiger partial charge in [0.25, 0.3) is 0 Å². The standard InChI is InChI=1S/C18H21/c1-18(2,3)17-12-8-7-11-16(17)14-13-15-9-5-4-6-10-15/h4-12,14H,13H2,1-3H3. The molecule has 0 aliphatic carbocycles. The molecule has 0 aliphatic heterocycles. The first-order valence-corrected chi connectivity index (χ1v) is 6.54. The normalized spacial score (nSPS) is 11.5. The molecule has 2 aromatic rings. The Morgan fingerprint density at radius 3 is 2.11 bits per heavy atom. The zero-order valence-corrected chi connectivity index (χ0v) is 11.5. The molecule has 18 heavy (non-hydrogen) atoms. The Labute approximate surface area is 111 Å². The fourth-order valence-electron chi connectivity index (χ4n) is 2.20. The van der Waals surface area contributed by atoms with Crippen LogP contribution in [0, 0.1) is 6.42 Å². The Hall–Kier alpha value is -1.56. The molecule has 0 aliphatic rings. The van der Waals surface area contributed by atoms with Crippen LogP contribution in [0.15, 0.2) is 54.6 Å². The van der Waals surface area contributed by atoms with Crippen molar-refractivity contribution < 1.29 is 0 Å². The van der Waals surface area contributed by atoms with Crippen molar-refractivity contribution in [3.05, 3.63) is 77.7 Å². The molecule has 0 heteroatoms. The van der Waals surface area contributed by atoms with Gasteiger partial charge in [0.2, 0.25) is 0 Å². The lowest BCUT2D eigenvalue weighted by molar-refractivity contribution is 0.586. The van der Waals surface area contributed by atoms with Crippen molar-refractivity contribution in [2.24, 2.45) is 0 Å². The van der Waals surface area contributed by atoms with Crippen LogP contribution >= 0.6 is 0 Å². The third-order valence-corrected chi connectivity index (χ3v) is 3.17. The van der Waals surface area contributed by atoms with E-state index in [1.807, 2.05) is 0 Å². The van der Waals surface area contributed by atoms with Crippen LogP contribution in [0.4, 0.5) is 0 Å². The number of rotatable bonds is 3. The summed E-state index contributed by atoms with van der Waals surface area (Å²) in [6.07, 6.45) is 3.32. The Balaban J connectivity index is 2.15. The van der Waals surface area contributed by atoms with Crippen LogP contribution in [0.3, 0.4) is 0 Å². The third-order valence-electron chi connectivity index (χ3n) is 3.17.